The lowest BCUT2D eigenvalue weighted by atomic mass is 10.00. The van der Waals surface area contributed by atoms with Gasteiger partial charge >= 0.3 is 10.2 Å². The van der Waals surface area contributed by atoms with Crippen molar-refractivity contribution in [3.8, 4) is 5.75 Å². The Morgan fingerprint density at radius 3 is 2.22 bits per heavy atom. The first-order valence-electron chi connectivity index (χ1n) is 12.4. The zero-order chi connectivity index (χ0) is 25.9. The number of carbonyl (C=O) groups is 1. The number of nitrogens with one attached hydrogen (secondary N) is 1. The van der Waals surface area contributed by atoms with Crippen molar-refractivity contribution in [1.29, 1.82) is 0 Å². The minimum absolute atomic E-state index is 0.170. The van der Waals surface area contributed by atoms with Crippen LogP contribution in [-0.4, -0.2) is 76.0 Å². The predicted molar refractivity (Wildman–Crippen MR) is 143 cm³/mol. The molecule has 0 atom stereocenters. The summed E-state index contributed by atoms with van der Waals surface area (Å²) >= 11 is 6.05. The number of rotatable bonds is 7. The first kappa shape index (κ1) is 26.7. The summed E-state index contributed by atoms with van der Waals surface area (Å²) in [4.78, 5) is 16.9. The van der Waals surface area contributed by atoms with Gasteiger partial charge in [0.25, 0.3) is 5.91 Å². The van der Waals surface area contributed by atoms with Crippen LogP contribution in [0.4, 0.5) is 5.69 Å². The maximum absolute atomic E-state index is 12.8. The number of hydrogen-bond donors (Lipinski definition) is 1. The minimum atomic E-state index is -3.89. The van der Waals surface area contributed by atoms with Crippen molar-refractivity contribution >= 4 is 33.4 Å². The highest BCUT2D eigenvalue weighted by molar-refractivity contribution is 7.87. The van der Waals surface area contributed by atoms with Gasteiger partial charge in [-0.05, 0) is 80.6 Å². The van der Waals surface area contributed by atoms with Crippen molar-refractivity contribution < 1.29 is 17.9 Å². The number of ether oxygens (including phenoxy) is 1. The molecule has 0 bridgehead atoms. The van der Waals surface area contributed by atoms with E-state index in [1.54, 1.807) is 24.3 Å². The minimum Gasteiger partial charge on any atom is -0.490 e. The largest absolute Gasteiger partial charge is 0.490 e. The molecule has 1 amide bonds. The predicted octanol–water partition coefficient (Wildman–Crippen LogP) is 3.70. The van der Waals surface area contributed by atoms with E-state index in [4.69, 9.17) is 16.3 Å². The number of benzene rings is 2. The molecule has 2 heterocycles. The highest BCUT2D eigenvalue weighted by Crippen LogP contribution is 2.27. The van der Waals surface area contributed by atoms with Gasteiger partial charge in [0.1, 0.15) is 11.9 Å². The van der Waals surface area contributed by atoms with Gasteiger partial charge < -0.3 is 14.5 Å². The van der Waals surface area contributed by atoms with Crippen molar-refractivity contribution in [1.82, 2.24) is 13.9 Å². The zero-order valence-electron chi connectivity index (χ0n) is 21.1. The number of carbonyl (C=O) groups excluding carboxylic acids is 1. The van der Waals surface area contributed by atoms with Crippen molar-refractivity contribution in [2.24, 2.45) is 0 Å². The van der Waals surface area contributed by atoms with E-state index in [1.165, 1.54) is 4.31 Å². The van der Waals surface area contributed by atoms with Crippen molar-refractivity contribution in [3.63, 3.8) is 0 Å². The van der Waals surface area contributed by atoms with Gasteiger partial charge in [-0.2, -0.15) is 12.7 Å². The number of piperidine rings is 2. The maximum atomic E-state index is 12.8. The average Bonchev–Trinajstić information content (AvgIpc) is 2.86. The van der Waals surface area contributed by atoms with E-state index in [2.05, 4.69) is 9.62 Å². The molecular formula is C26H35ClN4O4S. The van der Waals surface area contributed by atoms with Gasteiger partial charge in [-0.1, -0.05) is 11.6 Å². The Balaban J connectivity index is 1.24. The molecule has 1 N–H and O–H groups in total. The lowest BCUT2D eigenvalue weighted by Gasteiger charge is -2.41. The molecule has 2 fully saturated rings. The zero-order valence-corrected chi connectivity index (χ0v) is 22.7. The summed E-state index contributed by atoms with van der Waals surface area (Å²) in [6.07, 6.45) is 3.53. The number of halogens is 1. The summed E-state index contributed by atoms with van der Waals surface area (Å²) in [5.74, 6) is 0.271. The molecule has 2 aliphatic heterocycles. The molecule has 2 aromatic rings. The molecular weight excluding hydrogens is 500 g/mol. The van der Waals surface area contributed by atoms with Crippen LogP contribution >= 0.6 is 11.6 Å². The van der Waals surface area contributed by atoms with E-state index < -0.39 is 16.1 Å². The third kappa shape index (κ3) is 6.51. The summed E-state index contributed by atoms with van der Waals surface area (Å²) < 4.78 is 35.5. The number of likely N-dealkylation sites (tertiary alicyclic amines) is 1. The van der Waals surface area contributed by atoms with Crippen molar-refractivity contribution in [3.05, 3.63) is 58.6 Å². The molecule has 0 radical (unpaired) electrons. The van der Waals surface area contributed by atoms with Crippen LogP contribution in [0.3, 0.4) is 0 Å². The molecule has 10 heteroatoms. The van der Waals surface area contributed by atoms with Gasteiger partial charge in [0, 0.05) is 62.6 Å². The molecule has 2 saturated heterocycles. The van der Waals surface area contributed by atoms with Crippen molar-refractivity contribution in [2.75, 3.05) is 45.2 Å². The van der Waals surface area contributed by atoms with Crippen LogP contribution in [-0.2, 0) is 10.2 Å². The molecule has 2 aliphatic rings. The first-order valence-corrected chi connectivity index (χ1v) is 14.2. The molecule has 2 aromatic carbocycles. The summed E-state index contributed by atoms with van der Waals surface area (Å²) in [6.45, 7) is 4.64. The second kappa shape index (κ2) is 11.4. The van der Waals surface area contributed by atoms with Crippen LogP contribution in [0.2, 0.25) is 5.02 Å². The van der Waals surface area contributed by atoms with E-state index in [9.17, 15) is 13.2 Å². The third-order valence-corrected chi connectivity index (χ3v) is 8.78. The highest BCUT2D eigenvalue weighted by Gasteiger charge is 2.33. The monoisotopic (exact) mass is 534 g/mol. The van der Waals surface area contributed by atoms with E-state index in [0.717, 1.165) is 55.8 Å². The fourth-order valence-electron chi connectivity index (χ4n) is 4.88. The van der Waals surface area contributed by atoms with Crippen LogP contribution in [0.1, 0.15) is 41.6 Å². The molecule has 0 aromatic heterocycles. The molecule has 36 heavy (non-hydrogen) atoms. The molecule has 0 aliphatic carbocycles. The number of anilines is 1. The van der Waals surface area contributed by atoms with Crippen LogP contribution in [0.15, 0.2) is 42.5 Å². The fourth-order valence-corrected chi connectivity index (χ4v) is 6.28. The van der Waals surface area contributed by atoms with Gasteiger partial charge in [-0.3, -0.25) is 4.79 Å². The Kier molecular flexibility index (Phi) is 8.44. The van der Waals surface area contributed by atoms with Gasteiger partial charge in [-0.25, -0.2) is 4.72 Å². The normalized spacial score (nSPS) is 18.7. The Hall–Kier alpha value is -2.33. The molecule has 0 saturated carbocycles. The highest BCUT2D eigenvalue weighted by atomic mass is 35.5. The quantitative estimate of drug-likeness (QED) is 0.583. The summed E-state index contributed by atoms with van der Waals surface area (Å²) in [7, 11) is -0.0781. The lowest BCUT2D eigenvalue weighted by molar-refractivity contribution is 0.0581. The first-order chi connectivity index (χ1) is 17.1. The van der Waals surface area contributed by atoms with E-state index >= 15 is 0 Å². The smallest absolute Gasteiger partial charge is 0.304 e. The van der Waals surface area contributed by atoms with E-state index in [-0.39, 0.29) is 6.10 Å². The summed E-state index contributed by atoms with van der Waals surface area (Å²) in [5, 5.41) is 0.709. The summed E-state index contributed by atoms with van der Waals surface area (Å²) in [5.41, 5.74) is 2.29. The van der Waals surface area contributed by atoms with Gasteiger partial charge in [0.15, 0.2) is 0 Å². The Bertz CT molecular complexity index is 1160. The fraction of sp³-hybridized carbons (Fsp3) is 0.500. The molecule has 8 nitrogen and oxygen atoms in total. The van der Waals surface area contributed by atoms with Crippen molar-refractivity contribution in [2.45, 2.75) is 44.8 Å². The summed E-state index contributed by atoms with van der Waals surface area (Å²) in [6, 6.07) is 12.9. The van der Waals surface area contributed by atoms with Crippen LogP contribution < -0.4 is 14.4 Å². The van der Waals surface area contributed by atoms with Crippen LogP contribution in [0.25, 0.3) is 0 Å². The van der Waals surface area contributed by atoms with Gasteiger partial charge in [0.05, 0.1) is 0 Å². The second-order valence-corrected chi connectivity index (χ2v) is 11.9. The number of nitrogens with zero attached hydrogens (tertiary/aromatic N) is 3. The standard InChI is InChI=1S/C26H35ClN4O4S/c1-19-18-21(27)6-9-25(19)35-24-12-14-30(15-13-24)23-10-16-31(17-11-23)36(33,34)28-26(32)20-4-7-22(8-5-20)29(2)3/h4-9,18,23-24H,10-17H2,1-3H3,(H,28,32). The average molecular weight is 535 g/mol. The van der Waals surface area contributed by atoms with Crippen LogP contribution in [0, 0.1) is 6.92 Å². The Morgan fingerprint density at radius 2 is 1.64 bits per heavy atom. The van der Waals surface area contributed by atoms with E-state index in [0.29, 0.717) is 29.7 Å². The molecule has 196 valence electrons. The van der Waals surface area contributed by atoms with Gasteiger partial charge in [-0.15, -0.1) is 0 Å². The number of hydrogen-bond acceptors (Lipinski definition) is 6. The third-order valence-electron chi connectivity index (χ3n) is 7.05. The number of aryl methyl sites for hydroxylation is 1. The molecule has 4 rings (SSSR count). The number of amides is 1. The Labute approximate surface area is 219 Å². The van der Waals surface area contributed by atoms with E-state index in [1.807, 2.05) is 44.1 Å². The Morgan fingerprint density at radius 1 is 1.00 bits per heavy atom. The van der Waals surface area contributed by atoms with Crippen LogP contribution in [0.5, 0.6) is 5.75 Å². The lowest BCUT2D eigenvalue weighted by Crippen LogP contribution is -2.52. The SMILES string of the molecule is Cc1cc(Cl)ccc1OC1CCN(C2CCN(S(=O)(=O)NC(=O)c3ccc(N(C)C)cc3)CC2)CC1. The topological polar surface area (TPSA) is 82.2 Å². The molecule has 0 unspecified atom stereocenters. The van der Waals surface area contributed by atoms with Gasteiger partial charge in [0.2, 0.25) is 0 Å². The molecule has 0 spiro atoms. The maximum Gasteiger partial charge on any atom is 0.304 e. The second-order valence-electron chi connectivity index (χ2n) is 9.77.